The molecule has 1 aliphatic carbocycles. The number of aliphatic hydroxyl groups excluding tert-OH is 1. The predicted octanol–water partition coefficient (Wildman–Crippen LogP) is 4.01. The van der Waals surface area contributed by atoms with Crippen molar-refractivity contribution in [2.45, 2.75) is 81.8 Å². The first-order valence-electron chi connectivity index (χ1n) is 13.0. The molecule has 8 heteroatoms. The normalized spacial score (nSPS) is 25.8. The van der Waals surface area contributed by atoms with E-state index in [1.807, 2.05) is 55.5 Å². The molecule has 8 nitrogen and oxygen atoms in total. The number of anilines is 1. The van der Waals surface area contributed by atoms with Crippen LogP contribution in [0.15, 0.2) is 48.5 Å². The molecule has 1 saturated heterocycles. The molecule has 1 saturated carbocycles. The van der Waals surface area contributed by atoms with Crippen LogP contribution in [-0.2, 0) is 9.53 Å². The van der Waals surface area contributed by atoms with E-state index in [2.05, 4.69) is 16.0 Å². The van der Waals surface area contributed by atoms with Gasteiger partial charge < -0.3 is 30.5 Å². The highest BCUT2D eigenvalue weighted by atomic mass is 16.6. The van der Waals surface area contributed by atoms with Gasteiger partial charge in [0.05, 0.1) is 25.2 Å². The van der Waals surface area contributed by atoms with Gasteiger partial charge in [-0.05, 0) is 49.9 Å². The minimum Gasteiger partial charge on any atom is -0.487 e. The van der Waals surface area contributed by atoms with Crippen molar-refractivity contribution >= 4 is 17.6 Å². The van der Waals surface area contributed by atoms with Crippen LogP contribution >= 0.6 is 0 Å². The largest absolute Gasteiger partial charge is 0.487 e. The number of aliphatic hydroxyl groups is 1. The summed E-state index contributed by atoms with van der Waals surface area (Å²) < 4.78 is 12.2. The first-order chi connectivity index (χ1) is 17.5. The van der Waals surface area contributed by atoms with E-state index in [4.69, 9.17) is 9.47 Å². The van der Waals surface area contributed by atoms with Crippen LogP contribution in [0.25, 0.3) is 0 Å². The molecule has 2 aromatic carbocycles. The van der Waals surface area contributed by atoms with Gasteiger partial charge in [0.25, 0.3) is 0 Å². The molecule has 2 aromatic rings. The maximum atomic E-state index is 12.8. The van der Waals surface area contributed by atoms with Crippen LogP contribution in [0.5, 0.6) is 5.75 Å². The number of nitrogens with one attached hydrogen (secondary N) is 3. The van der Waals surface area contributed by atoms with Gasteiger partial charge in [0, 0.05) is 23.2 Å². The molecule has 2 aliphatic heterocycles. The summed E-state index contributed by atoms with van der Waals surface area (Å²) in [6.07, 6.45) is 3.97. The first-order valence-corrected chi connectivity index (χ1v) is 13.0. The number of fused-ring (bicyclic) bond motifs is 3. The van der Waals surface area contributed by atoms with Gasteiger partial charge in [0.15, 0.2) is 0 Å². The van der Waals surface area contributed by atoms with E-state index in [0.29, 0.717) is 12.1 Å². The smallest absolute Gasteiger partial charge is 0.319 e. The number of carbonyl (C=O) groups is 2. The van der Waals surface area contributed by atoms with Crippen LogP contribution in [0.1, 0.15) is 68.5 Å². The molecule has 5 atom stereocenters. The lowest BCUT2D eigenvalue weighted by Gasteiger charge is -2.37. The van der Waals surface area contributed by atoms with Gasteiger partial charge in [-0.3, -0.25) is 4.79 Å². The molecule has 3 amide bonds. The monoisotopic (exact) mass is 493 g/mol. The van der Waals surface area contributed by atoms with Crippen molar-refractivity contribution in [3.63, 3.8) is 0 Å². The zero-order valence-corrected chi connectivity index (χ0v) is 20.6. The van der Waals surface area contributed by atoms with Crippen molar-refractivity contribution in [3.05, 3.63) is 59.7 Å². The fraction of sp³-hybridized carbons (Fsp3) is 0.500. The van der Waals surface area contributed by atoms with Gasteiger partial charge in [-0.25, -0.2) is 4.79 Å². The third kappa shape index (κ3) is 5.50. The highest BCUT2D eigenvalue weighted by Gasteiger charge is 2.46. The van der Waals surface area contributed by atoms with E-state index < -0.39 is 6.10 Å². The summed E-state index contributed by atoms with van der Waals surface area (Å²) in [5.41, 5.74) is 2.72. The highest BCUT2D eigenvalue weighted by Crippen LogP contribution is 2.47. The second-order valence-corrected chi connectivity index (χ2v) is 10.1. The van der Waals surface area contributed by atoms with Gasteiger partial charge >= 0.3 is 6.03 Å². The Bertz CT molecular complexity index is 1070. The number of rotatable bonds is 7. The Balaban J connectivity index is 1.23. The molecule has 5 rings (SSSR count). The van der Waals surface area contributed by atoms with Crippen LogP contribution in [-0.4, -0.2) is 48.0 Å². The summed E-state index contributed by atoms with van der Waals surface area (Å²) >= 11 is 0. The summed E-state index contributed by atoms with van der Waals surface area (Å²) in [5.74, 6) is 0.608. The van der Waals surface area contributed by atoms with Gasteiger partial charge in [-0.1, -0.05) is 43.2 Å². The molecular weight excluding hydrogens is 458 g/mol. The van der Waals surface area contributed by atoms with Crippen LogP contribution in [0.4, 0.5) is 10.5 Å². The van der Waals surface area contributed by atoms with Crippen LogP contribution in [0, 0.1) is 0 Å². The van der Waals surface area contributed by atoms with E-state index in [9.17, 15) is 14.7 Å². The second-order valence-electron chi connectivity index (χ2n) is 10.1. The van der Waals surface area contributed by atoms with Crippen molar-refractivity contribution in [1.29, 1.82) is 0 Å². The molecule has 4 N–H and O–H groups in total. The maximum absolute atomic E-state index is 12.8. The number of urea groups is 1. The number of ether oxygens (including phenoxy) is 2. The summed E-state index contributed by atoms with van der Waals surface area (Å²) in [6, 6.07) is 15.4. The van der Waals surface area contributed by atoms with Crippen molar-refractivity contribution in [1.82, 2.24) is 10.6 Å². The molecule has 0 aromatic heterocycles. The van der Waals surface area contributed by atoms with Crippen LogP contribution in [0.3, 0.4) is 0 Å². The molecular formula is C28H35N3O5. The molecule has 0 unspecified atom stereocenters. The van der Waals surface area contributed by atoms with Crippen molar-refractivity contribution in [2.24, 2.45) is 0 Å². The van der Waals surface area contributed by atoms with Crippen molar-refractivity contribution in [3.8, 4) is 5.75 Å². The quantitative estimate of drug-likeness (QED) is 0.466. The minimum absolute atomic E-state index is 0.0325. The number of carbonyl (C=O) groups excluding carboxylic acids is 2. The lowest BCUT2D eigenvalue weighted by atomic mass is 9.84. The highest BCUT2D eigenvalue weighted by molar-refractivity contribution is 5.89. The Morgan fingerprint density at radius 3 is 2.64 bits per heavy atom. The predicted molar refractivity (Wildman–Crippen MR) is 136 cm³/mol. The average molecular weight is 494 g/mol. The van der Waals surface area contributed by atoms with Crippen LogP contribution in [0.2, 0.25) is 0 Å². The lowest BCUT2D eigenvalue weighted by molar-refractivity contribution is -0.142. The zero-order chi connectivity index (χ0) is 25.1. The van der Waals surface area contributed by atoms with Gasteiger partial charge in [-0.2, -0.15) is 0 Å². The third-order valence-corrected chi connectivity index (χ3v) is 7.54. The second kappa shape index (κ2) is 10.9. The molecule has 192 valence electrons. The number of hydrogen-bond donors (Lipinski definition) is 4. The third-order valence-electron chi connectivity index (χ3n) is 7.54. The maximum Gasteiger partial charge on any atom is 0.319 e. The van der Waals surface area contributed by atoms with E-state index in [1.165, 1.54) is 0 Å². The summed E-state index contributed by atoms with van der Waals surface area (Å²) in [4.78, 5) is 25.3. The summed E-state index contributed by atoms with van der Waals surface area (Å²) in [6.45, 7) is 1.77. The Kier molecular flexibility index (Phi) is 7.43. The van der Waals surface area contributed by atoms with Gasteiger partial charge in [0.1, 0.15) is 18.0 Å². The number of hydrogen-bond acceptors (Lipinski definition) is 5. The molecule has 3 aliphatic rings. The van der Waals surface area contributed by atoms with E-state index in [1.54, 1.807) is 0 Å². The molecule has 0 radical (unpaired) electrons. The zero-order valence-electron chi connectivity index (χ0n) is 20.6. The fourth-order valence-electron chi connectivity index (χ4n) is 5.72. The molecule has 36 heavy (non-hydrogen) atoms. The lowest BCUT2D eigenvalue weighted by Crippen LogP contribution is -2.47. The SMILES string of the molecule is C[C@@H](NC(=O)C[C@H]1C[C@H]2c3cc(NC(=O)NC4CCCC4)ccc3O[C@H]2[C@H](CO)O1)c1ccccc1. The topological polar surface area (TPSA) is 109 Å². The first kappa shape index (κ1) is 24.6. The standard InChI is InChI=1S/C28H35N3O5/c1-17(18-7-3-2-4-8-18)29-26(33)15-21-14-23-22-13-20(31-28(34)30-19-9-5-6-10-19)11-12-24(22)36-27(23)25(16-32)35-21/h2-4,7-8,11-13,17,19,21,23,25,27,32H,5-6,9-10,14-16H2,1H3,(H,29,33)(H2,30,31,34)/t17-,21-,23+,25+,27-/m1/s1. The van der Waals surface area contributed by atoms with Gasteiger partial charge in [0.2, 0.25) is 5.91 Å². The molecule has 0 spiro atoms. The van der Waals surface area contributed by atoms with Crippen molar-refractivity contribution < 1.29 is 24.2 Å². The molecule has 2 fully saturated rings. The van der Waals surface area contributed by atoms with E-state index in [-0.39, 0.29) is 55.2 Å². The van der Waals surface area contributed by atoms with Crippen molar-refractivity contribution in [2.75, 3.05) is 11.9 Å². The minimum atomic E-state index is -0.525. The number of amides is 3. The Morgan fingerprint density at radius 1 is 1.11 bits per heavy atom. The average Bonchev–Trinajstić information content (AvgIpc) is 3.51. The van der Waals surface area contributed by atoms with E-state index >= 15 is 0 Å². The van der Waals surface area contributed by atoms with E-state index in [0.717, 1.165) is 42.6 Å². The Labute approximate surface area is 211 Å². The Hall–Kier alpha value is -3.10. The number of benzene rings is 2. The van der Waals surface area contributed by atoms with Crippen LogP contribution < -0.4 is 20.7 Å². The molecule has 2 heterocycles. The van der Waals surface area contributed by atoms with Gasteiger partial charge in [-0.15, -0.1) is 0 Å². The summed E-state index contributed by atoms with van der Waals surface area (Å²) in [7, 11) is 0. The summed E-state index contributed by atoms with van der Waals surface area (Å²) in [5, 5.41) is 19.0. The Morgan fingerprint density at radius 2 is 1.89 bits per heavy atom. The molecule has 0 bridgehead atoms. The fourth-order valence-corrected chi connectivity index (χ4v) is 5.72.